The second-order valence-electron chi connectivity index (χ2n) is 6.66. The number of benzene rings is 2. The summed E-state index contributed by atoms with van der Waals surface area (Å²) in [6, 6.07) is 20.9. The fourth-order valence-electron chi connectivity index (χ4n) is 4.36. The van der Waals surface area contributed by atoms with Crippen LogP contribution in [-0.2, 0) is 19.4 Å². The molecule has 3 rings (SSSR count). The molecule has 0 saturated carbocycles. The van der Waals surface area contributed by atoms with E-state index in [1.165, 1.54) is 6.42 Å². The Morgan fingerprint density at radius 3 is 1.62 bits per heavy atom. The van der Waals surface area contributed by atoms with Crippen molar-refractivity contribution in [3.63, 3.8) is 0 Å². The topological polar surface area (TPSA) is 30.9 Å². The fourth-order valence-corrected chi connectivity index (χ4v) is 4.99. The van der Waals surface area contributed by atoms with Crippen LogP contribution >= 0.6 is 0 Å². The average Bonchev–Trinajstić information content (AvgIpc) is 2.74. The molecule has 1 aliphatic rings. The van der Waals surface area contributed by atoms with Crippen LogP contribution in [0.4, 0.5) is 0 Å². The molecule has 0 atom stereocenters. The zero-order valence-electron chi connectivity index (χ0n) is 16.0. The van der Waals surface area contributed by atoms with E-state index < -0.39 is 11.5 Å². The summed E-state index contributed by atoms with van der Waals surface area (Å²) in [6.45, 7) is 1.95. The third-order valence-corrected chi connectivity index (χ3v) is 6.00. The van der Waals surface area contributed by atoms with Crippen LogP contribution in [0.1, 0.15) is 30.4 Å². The molecule has 0 spiro atoms. The smallest absolute Gasteiger partial charge is 0.300 e. The third kappa shape index (κ3) is 3.04. The van der Waals surface area contributed by atoms with Crippen LogP contribution in [0.25, 0.3) is 0 Å². The van der Waals surface area contributed by atoms with Gasteiger partial charge in [-0.1, -0.05) is 67.1 Å². The van der Waals surface area contributed by atoms with Gasteiger partial charge < -0.3 is 13.9 Å². The maximum absolute atomic E-state index is 6.12. The highest BCUT2D eigenvalue weighted by Gasteiger charge is 2.59. The molecule has 1 aliphatic heterocycles. The zero-order chi connectivity index (χ0) is 18.5. The number of methoxy groups -OCH3 is 2. The van der Waals surface area contributed by atoms with Crippen molar-refractivity contribution in [1.29, 1.82) is 0 Å². The van der Waals surface area contributed by atoms with Crippen molar-refractivity contribution < 1.29 is 13.9 Å². The van der Waals surface area contributed by atoms with Crippen LogP contribution in [-0.4, -0.2) is 48.7 Å². The molecule has 0 aromatic heterocycles. The second-order valence-corrected chi connectivity index (χ2v) is 7.07. The number of piperidine rings is 1. The van der Waals surface area contributed by atoms with Gasteiger partial charge in [-0.25, -0.2) is 0 Å². The van der Waals surface area contributed by atoms with Gasteiger partial charge in [-0.3, -0.25) is 4.90 Å². The van der Waals surface area contributed by atoms with E-state index in [0.29, 0.717) is 10.5 Å². The predicted molar refractivity (Wildman–Crippen MR) is 107 cm³/mol. The van der Waals surface area contributed by atoms with Crippen molar-refractivity contribution in [2.75, 3.05) is 27.3 Å². The van der Waals surface area contributed by atoms with Crippen LogP contribution in [0.2, 0.25) is 0 Å². The number of nitrogens with zero attached hydrogens (tertiary/aromatic N) is 1. The Morgan fingerprint density at radius 2 is 1.23 bits per heavy atom. The van der Waals surface area contributed by atoms with Crippen LogP contribution in [0.5, 0.6) is 0 Å². The predicted octanol–water partition coefficient (Wildman–Crippen LogP) is 2.66. The number of hydrogen-bond donors (Lipinski definition) is 0. The number of rotatable bonds is 7. The molecule has 0 unspecified atom stereocenters. The van der Waals surface area contributed by atoms with Crippen molar-refractivity contribution in [2.24, 2.45) is 0 Å². The highest BCUT2D eigenvalue weighted by Crippen LogP contribution is 2.48. The van der Waals surface area contributed by atoms with E-state index in [9.17, 15) is 0 Å². The number of likely N-dealkylation sites (tertiary alicyclic amines) is 1. The standard InChI is InChI=1S/C21H29NO3Si/c1-23-21(24-2,25-26)20(18-12-6-3-7-13-18,19-14-8-4-9-15-19)22-16-10-5-11-17-22/h3-4,6-9,12-15H,5,10-11,16-17H2,1-2,26H3. The molecule has 0 aliphatic carbocycles. The lowest BCUT2D eigenvalue weighted by molar-refractivity contribution is -0.376. The molecule has 0 radical (unpaired) electrons. The molecular formula is C21H29NO3Si. The van der Waals surface area contributed by atoms with Gasteiger partial charge in [-0.05, 0) is 37.1 Å². The molecule has 5 heteroatoms. The molecule has 0 bridgehead atoms. The Labute approximate surface area is 159 Å². The summed E-state index contributed by atoms with van der Waals surface area (Å²) in [6.07, 6.45) is 3.57. The Morgan fingerprint density at radius 1 is 0.769 bits per heavy atom. The summed E-state index contributed by atoms with van der Waals surface area (Å²) < 4.78 is 18.1. The first-order valence-corrected chi connectivity index (χ1v) is 10.1. The monoisotopic (exact) mass is 371 g/mol. The molecular weight excluding hydrogens is 342 g/mol. The van der Waals surface area contributed by atoms with Gasteiger partial charge in [0.05, 0.1) is 0 Å². The van der Waals surface area contributed by atoms with Crippen molar-refractivity contribution in [1.82, 2.24) is 4.90 Å². The van der Waals surface area contributed by atoms with E-state index in [1.807, 2.05) is 12.1 Å². The summed E-state index contributed by atoms with van der Waals surface area (Å²) in [7, 11) is 3.84. The number of hydrogen-bond acceptors (Lipinski definition) is 4. The van der Waals surface area contributed by atoms with Crippen molar-refractivity contribution in [2.45, 2.75) is 30.8 Å². The van der Waals surface area contributed by atoms with Crippen LogP contribution in [0.15, 0.2) is 60.7 Å². The van der Waals surface area contributed by atoms with E-state index in [-0.39, 0.29) is 0 Å². The van der Waals surface area contributed by atoms with Crippen molar-refractivity contribution >= 4 is 10.5 Å². The fraction of sp³-hybridized carbons (Fsp3) is 0.429. The first kappa shape index (κ1) is 19.3. The summed E-state index contributed by atoms with van der Waals surface area (Å²) in [5, 5.41) is 0. The molecule has 4 nitrogen and oxygen atoms in total. The van der Waals surface area contributed by atoms with Gasteiger partial charge in [0.25, 0.3) is 0 Å². The quantitative estimate of drug-likeness (QED) is 0.553. The van der Waals surface area contributed by atoms with Crippen molar-refractivity contribution in [3.05, 3.63) is 71.8 Å². The Balaban J connectivity index is 2.34. The molecule has 2 aromatic carbocycles. The Kier molecular flexibility index (Phi) is 6.27. The lowest BCUT2D eigenvalue weighted by atomic mass is 9.77. The van der Waals surface area contributed by atoms with Gasteiger partial charge in [0.1, 0.15) is 0 Å². The summed E-state index contributed by atoms with van der Waals surface area (Å²) in [4.78, 5) is 2.48. The molecule has 140 valence electrons. The molecule has 1 fully saturated rings. The largest absolute Gasteiger partial charge is 0.378 e. The van der Waals surface area contributed by atoms with Crippen LogP contribution in [0.3, 0.4) is 0 Å². The Hall–Kier alpha value is -1.50. The first-order chi connectivity index (χ1) is 12.7. The highest BCUT2D eigenvalue weighted by atomic mass is 28.2. The van der Waals surface area contributed by atoms with E-state index in [1.54, 1.807) is 14.2 Å². The second kappa shape index (κ2) is 8.46. The van der Waals surface area contributed by atoms with Gasteiger partial charge >= 0.3 is 5.97 Å². The Bertz CT molecular complexity index is 622. The van der Waals surface area contributed by atoms with Crippen molar-refractivity contribution in [3.8, 4) is 0 Å². The van der Waals surface area contributed by atoms with Gasteiger partial charge in [0.2, 0.25) is 0 Å². The molecule has 2 aromatic rings. The number of ether oxygens (including phenoxy) is 2. The van der Waals surface area contributed by atoms with Gasteiger partial charge in [0.15, 0.2) is 16.0 Å². The lowest BCUT2D eigenvalue weighted by Gasteiger charge is -2.54. The van der Waals surface area contributed by atoms with Crippen LogP contribution in [0, 0.1) is 0 Å². The SMILES string of the molecule is COC(OC)(O[SiH3])C(c1ccccc1)(c1ccccc1)N1CCCCC1. The lowest BCUT2D eigenvalue weighted by Crippen LogP contribution is -2.66. The zero-order valence-corrected chi connectivity index (χ0v) is 18.0. The summed E-state index contributed by atoms with van der Waals surface area (Å²) in [5.41, 5.74) is 1.56. The van der Waals surface area contributed by atoms with Gasteiger partial charge in [-0.15, -0.1) is 0 Å². The minimum Gasteiger partial charge on any atom is -0.378 e. The van der Waals surface area contributed by atoms with Gasteiger partial charge in [-0.2, -0.15) is 0 Å². The van der Waals surface area contributed by atoms with Crippen LogP contribution < -0.4 is 0 Å². The van der Waals surface area contributed by atoms with E-state index >= 15 is 0 Å². The van der Waals surface area contributed by atoms with E-state index in [2.05, 4.69) is 53.4 Å². The van der Waals surface area contributed by atoms with Gasteiger partial charge in [0, 0.05) is 14.2 Å². The molecule has 1 saturated heterocycles. The minimum atomic E-state index is -1.21. The third-order valence-electron chi connectivity index (χ3n) is 5.46. The molecule has 0 N–H and O–H groups in total. The van der Waals surface area contributed by atoms with E-state index in [0.717, 1.165) is 37.1 Å². The molecule has 1 heterocycles. The highest BCUT2D eigenvalue weighted by molar-refractivity contribution is 5.98. The minimum absolute atomic E-state index is 0.492. The maximum Gasteiger partial charge on any atom is 0.300 e. The summed E-state index contributed by atoms with van der Waals surface area (Å²) in [5.74, 6) is -1.21. The van der Waals surface area contributed by atoms with E-state index in [4.69, 9.17) is 13.9 Å². The maximum atomic E-state index is 6.12. The first-order valence-electron chi connectivity index (χ1n) is 9.26. The molecule has 0 amide bonds. The normalized spacial score (nSPS) is 16.7. The molecule has 26 heavy (non-hydrogen) atoms. The summed E-state index contributed by atoms with van der Waals surface area (Å²) >= 11 is 0. The average molecular weight is 372 g/mol.